The molecule has 1 heterocycles. The van der Waals surface area contributed by atoms with E-state index in [1.165, 1.54) is 0 Å². The molecular formula is C14H18BrN3O3. The highest BCUT2D eigenvalue weighted by Crippen LogP contribution is 2.19. The molecule has 2 rings (SSSR count). The van der Waals surface area contributed by atoms with Gasteiger partial charge in [-0.3, -0.25) is 4.79 Å². The first-order valence-electron chi connectivity index (χ1n) is 6.78. The second-order valence-corrected chi connectivity index (χ2v) is 5.67. The van der Waals surface area contributed by atoms with Gasteiger partial charge in [-0.05, 0) is 25.1 Å². The van der Waals surface area contributed by atoms with Crippen molar-refractivity contribution in [3.8, 4) is 0 Å². The van der Waals surface area contributed by atoms with E-state index >= 15 is 0 Å². The second kappa shape index (κ2) is 6.80. The number of carbonyl (C=O) groups is 2. The topological polar surface area (TPSA) is 75.9 Å². The van der Waals surface area contributed by atoms with Gasteiger partial charge in [0.05, 0.1) is 6.61 Å². The molecule has 7 heteroatoms. The predicted octanol–water partition coefficient (Wildman–Crippen LogP) is 1.95. The molecule has 0 radical (unpaired) electrons. The molecule has 0 bridgehead atoms. The molecule has 0 unspecified atom stereocenters. The van der Waals surface area contributed by atoms with E-state index in [1.807, 2.05) is 0 Å². The molecule has 0 saturated carbocycles. The third-order valence-electron chi connectivity index (χ3n) is 3.26. The lowest BCUT2D eigenvalue weighted by molar-refractivity contribution is 0.0570. The fourth-order valence-corrected chi connectivity index (χ4v) is 2.74. The minimum absolute atomic E-state index is 0.0773. The Hall–Kier alpha value is -1.76. The maximum atomic E-state index is 12.4. The van der Waals surface area contributed by atoms with Crippen LogP contribution in [-0.4, -0.2) is 54.6 Å². The lowest BCUT2D eigenvalue weighted by atomic mass is 10.1. The fraction of sp³-hybridized carbons (Fsp3) is 0.429. The maximum absolute atomic E-state index is 12.4. The molecule has 114 valence electrons. The van der Waals surface area contributed by atoms with Gasteiger partial charge >= 0.3 is 6.09 Å². The third-order valence-corrected chi connectivity index (χ3v) is 3.72. The van der Waals surface area contributed by atoms with Crippen molar-refractivity contribution in [2.75, 3.05) is 38.5 Å². The molecule has 0 aliphatic carbocycles. The van der Waals surface area contributed by atoms with Gasteiger partial charge in [0.25, 0.3) is 5.91 Å². The summed E-state index contributed by atoms with van der Waals surface area (Å²) < 4.78 is 5.73. The Kier molecular flexibility index (Phi) is 5.06. The average Bonchev–Trinajstić information content (AvgIpc) is 2.46. The Labute approximate surface area is 132 Å². The molecule has 1 fully saturated rings. The summed E-state index contributed by atoms with van der Waals surface area (Å²) in [7, 11) is 0. The van der Waals surface area contributed by atoms with Gasteiger partial charge in [-0.2, -0.15) is 0 Å². The highest BCUT2D eigenvalue weighted by molar-refractivity contribution is 9.10. The number of amides is 2. The van der Waals surface area contributed by atoms with E-state index in [-0.39, 0.29) is 12.0 Å². The van der Waals surface area contributed by atoms with Gasteiger partial charge in [-0.15, -0.1) is 0 Å². The highest BCUT2D eigenvalue weighted by Gasteiger charge is 2.25. The standard InChI is InChI=1S/C14H18BrN3O3/c1-2-21-14(20)18-5-3-17(4-6-18)13(19)10-7-11(15)9-12(16)8-10/h7-9H,2-6,16H2,1H3. The quantitative estimate of drug-likeness (QED) is 0.822. The zero-order chi connectivity index (χ0) is 15.4. The van der Waals surface area contributed by atoms with Gasteiger partial charge in [0.15, 0.2) is 0 Å². The minimum Gasteiger partial charge on any atom is -0.450 e. The van der Waals surface area contributed by atoms with Gasteiger partial charge in [-0.1, -0.05) is 15.9 Å². The number of benzene rings is 1. The van der Waals surface area contributed by atoms with Crippen molar-refractivity contribution in [2.45, 2.75) is 6.92 Å². The summed E-state index contributed by atoms with van der Waals surface area (Å²) in [4.78, 5) is 27.4. The number of hydrogen-bond donors (Lipinski definition) is 1. The molecule has 0 atom stereocenters. The van der Waals surface area contributed by atoms with Gasteiger partial charge in [0.2, 0.25) is 0 Å². The van der Waals surface area contributed by atoms with Crippen molar-refractivity contribution in [3.63, 3.8) is 0 Å². The van der Waals surface area contributed by atoms with Crippen LogP contribution in [0.2, 0.25) is 0 Å². The average molecular weight is 356 g/mol. The van der Waals surface area contributed by atoms with Gasteiger partial charge < -0.3 is 20.3 Å². The first kappa shape index (κ1) is 15.6. The van der Waals surface area contributed by atoms with E-state index in [1.54, 1.807) is 34.9 Å². The van der Waals surface area contributed by atoms with E-state index in [4.69, 9.17) is 10.5 Å². The number of nitrogens with two attached hydrogens (primary N) is 1. The molecule has 1 aliphatic rings. The van der Waals surface area contributed by atoms with Crippen LogP contribution in [0.1, 0.15) is 17.3 Å². The lowest BCUT2D eigenvalue weighted by Crippen LogP contribution is -2.50. The normalized spacial score (nSPS) is 15.0. The second-order valence-electron chi connectivity index (χ2n) is 4.75. The Morgan fingerprint density at radius 2 is 1.81 bits per heavy atom. The van der Waals surface area contributed by atoms with Crippen molar-refractivity contribution < 1.29 is 14.3 Å². The summed E-state index contributed by atoms with van der Waals surface area (Å²) in [6.07, 6.45) is -0.323. The van der Waals surface area contributed by atoms with Crippen molar-refractivity contribution in [1.29, 1.82) is 0 Å². The largest absolute Gasteiger partial charge is 0.450 e. The van der Waals surface area contributed by atoms with E-state index in [0.717, 1.165) is 4.47 Å². The Morgan fingerprint density at radius 3 is 2.38 bits per heavy atom. The molecule has 6 nitrogen and oxygen atoms in total. The molecule has 0 aromatic heterocycles. The Morgan fingerprint density at radius 1 is 1.19 bits per heavy atom. The highest BCUT2D eigenvalue weighted by atomic mass is 79.9. The summed E-state index contributed by atoms with van der Waals surface area (Å²) in [5.74, 6) is -0.0773. The number of carbonyl (C=O) groups excluding carboxylic acids is 2. The molecule has 1 aliphatic heterocycles. The van der Waals surface area contributed by atoms with Crippen LogP contribution in [0.3, 0.4) is 0 Å². The van der Waals surface area contributed by atoms with Crippen LogP contribution in [-0.2, 0) is 4.74 Å². The van der Waals surface area contributed by atoms with Crippen molar-refractivity contribution in [2.24, 2.45) is 0 Å². The molecule has 1 saturated heterocycles. The van der Waals surface area contributed by atoms with Gasteiger partial charge in [-0.25, -0.2) is 4.79 Å². The number of halogens is 1. The van der Waals surface area contributed by atoms with E-state index in [9.17, 15) is 9.59 Å². The van der Waals surface area contributed by atoms with Gasteiger partial charge in [0.1, 0.15) is 0 Å². The minimum atomic E-state index is -0.323. The summed E-state index contributed by atoms with van der Waals surface area (Å²) in [6, 6.07) is 5.15. The summed E-state index contributed by atoms with van der Waals surface area (Å²) in [6.45, 7) is 4.07. The molecule has 21 heavy (non-hydrogen) atoms. The number of anilines is 1. The summed E-state index contributed by atoms with van der Waals surface area (Å²) in [5, 5.41) is 0. The first-order valence-corrected chi connectivity index (χ1v) is 7.57. The van der Waals surface area contributed by atoms with Crippen LogP contribution in [0.4, 0.5) is 10.5 Å². The van der Waals surface area contributed by atoms with E-state index in [2.05, 4.69) is 15.9 Å². The van der Waals surface area contributed by atoms with Crippen molar-refractivity contribution >= 4 is 33.6 Å². The lowest BCUT2D eigenvalue weighted by Gasteiger charge is -2.34. The van der Waals surface area contributed by atoms with Crippen molar-refractivity contribution in [1.82, 2.24) is 9.80 Å². The van der Waals surface area contributed by atoms with Crippen LogP contribution >= 0.6 is 15.9 Å². The number of nitrogen functional groups attached to an aromatic ring is 1. The van der Waals surface area contributed by atoms with E-state index in [0.29, 0.717) is 44.0 Å². The number of piperazine rings is 1. The van der Waals surface area contributed by atoms with Crippen LogP contribution < -0.4 is 5.73 Å². The smallest absolute Gasteiger partial charge is 0.409 e. The van der Waals surface area contributed by atoms with E-state index < -0.39 is 0 Å². The summed E-state index contributed by atoms with van der Waals surface area (Å²) >= 11 is 3.33. The zero-order valence-corrected chi connectivity index (χ0v) is 13.4. The fourth-order valence-electron chi connectivity index (χ4n) is 2.23. The molecular weight excluding hydrogens is 338 g/mol. The predicted molar refractivity (Wildman–Crippen MR) is 83.1 cm³/mol. The zero-order valence-electron chi connectivity index (χ0n) is 11.8. The molecule has 1 aromatic rings. The molecule has 0 spiro atoms. The van der Waals surface area contributed by atoms with Gasteiger partial charge in [0, 0.05) is 41.9 Å². The first-order chi connectivity index (χ1) is 10.0. The van der Waals surface area contributed by atoms with Crippen LogP contribution in [0.15, 0.2) is 22.7 Å². The van der Waals surface area contributed by atoms with Crippen LogP contribution in [0.25, 0.3) is 0 Å². The molecule has 1 aromatic carbocycles. The number of hydrogen-bond acceptors (Lipinski definition) is 4. The van der Waals surface area contributed by atoms with Crippen LogP contribution in [0.5, 0.6) is 0 Å². The molecule has 2 N–H and O–H groups in total. The maximum Gasteiger partial charge on any atom is 0.409 e. The Bertz CT molecular complexity index is 522. The number of nitrogens with zero attached hydrogens (tertiary/aromatic N) is 2. The SMILES string of the molecule is CCOC(=O)N1CCN(C(=O)c2cc(N)cc(Br)c2)CC1. The third kappa shape index (κ3) is 3.87. The van der Waals surface area contributed by atoms with Crippen LogP contribution in [0, 0.1) is 0 Å². The monoisotopic (exact) mass is 355 g/mol. The Balaban J connectivity index is 1.98. The molecule has 2 amide bonds. The summed E-state index contributed by atoms with van der Waals surface area (Å²) in [5.41, 5.74) is 6.84. The number of ether oxygens (including phenoxy) is 1. The van der Waals surface area contributed by atoms with Crippen molar-refractivity contribution in [3.05, 3.63) is 28.2 Å². The number of rotatable bonds is 2.